The van der Waals surface area contributed by atoms with Gasteiger partial charge in [-0.2, -0.15) is 0 Å². The van der Waals surface area contributed by atoms with Crippen LogP contribution in [0, 0.1) is 5.92 Å². The smallest absolute Gasteiger partial charge is 0.231 e. The molecule has 6 nitrogen and oxygen atoms in total. The van der Waals surface area contributed by atoms with Crippen LogP contribution in [0.1, 0.15) is 33.1 Å². The van der Waals surface area contributed by atoms with Gasteiger partial charge in [0, 0.05) is 37.7 Å². The van der Waals surface area contributed by atoms with Crippen molar-refractivity contribution in [2.45, 2.75) is 39.2 Å². The number of hydrogen-bond donors (Lipinski definition) is 1. The van der Waals surface area contributed by atoms with Crippen molar-refractivity contribution in [3.05, 3.63) is 18.2 Å². The summed E-state index contributed by atoms with van der Waals surface area (Å²) in [7, 11) is 0. The number of nitrogens with one attached hydrogen (secondary N) is 1. The summed E-state index contributed by atoms with van der Waals surface area (Å²) in [5, 5.41) is 3.14. The number of ether oxygens (including phenoxy) is 3. The number of hydrogen-bond acceptors (Lipinski definition) is 5. The molecule has 1 amide bonds. The minimum Gasteiger partial charge on any atom is -0.493 e. The van der Waals surface area contributed by atoms with E-state index in [9.17, 15) is 4.79 Å². The van der Waals surface area contributed by atoms with Crippen LogP contribution in [0.15, 0.2) is 18.2 Å². The third-order valence-corrected chi connectivity index (χ3v) is 4.69. The minimum atomic E-state index is 0.0614. The zero-order valence-corrected chi connectivity index (χ0v) is 15.1. The van der Waals surface area contributed by atoms with Gasteiger partial charge >= 0.3 is 0 Å². The topological polar surface area (TPSA) is 60.0 Å². The zero-order chi connectivity index (χ0) is 17.6. The molecule has 0 aromatic heterocycles. The van der Waals surface area contributed by atoms with Gasteiger partial charge in [-0.25, -0.2) is 0 Å². The molecule has 2 heterocycles. The first kappa shape index (κ1) is 17.9. The van der Waals surface area contributed by atoms with Gasteiger partial charge in [0.2, 0.25) is 12.7 Å². The molecule has 138 valence electrons. The standard InChI is InChI=1S/C19H28N2O4/c1-14(2)19(22)20-15-6-9-21(10-7-15)8-3-11-23-16-4-5-17-18(12-16)25-13-24-17/h4-5,12,14-15H,3,6-11,13H2,1-2H3,(H,20,22). The van der Waals surface area contributed by atoms with E-state index in [-0.39, 0.29) is 18.6 Å². The lowest BCUT2D eigenvalue weighted by molar-refractivity contribution is -0.125. The Hall–Kier alpha value is -1.95. The van der Waals surface area contributed by atoms with E-state index in [1.54, 1.807) is 0 Å². The number of carbonyl (C=O) groups excluding carboxylic acids is 1. The van der Waals surface area contributed by atoms with Crippen LogP contribution in [0.3, 0.4) is 0 Å². The molecule has 0 radical (unpaired) electrons. The third kappa shape index (κ3) is 5.01. The summed E-state index contributed by atoms with van der Waals surface area (Å²) < 4.78 is 16.4. The predicted octanol–water partition coefficient (Wildman–Crippen LogP) is 2.42. The Morgan fingerprint density at radius 2 is 2.04 bits per heavy atom. The van der Waals surface area contributed by atoms with Crippen LogP contribution in [-0.2, 0) is 4.79 Å². The van der Waals surface area contributed by atoms with Gasteiger partial charge in [-0.05, 0) is 31.4 Å². The van der Waals surface area contributed by atoms with Crippen molar-refractivity contribution in [1.29, 1.82) is 0 Å². The molecule has 0 saturated carbocycles. The zero-order valence-electron chi connectivity index (χ0n) is 15.1. The van der Waals surface area contributed by atoms with E-state index in [4.69, 9.17) is 14.2 Å². The highest BCUT2D eigenvalue weighted by molar-refractivity contribution is 5.78. The molecular formula is C19H28N2O4. The molecule has 2 aliphatic rings. The van der Waals surface area contributed by atoms with E-state index >= 15 is 0 Å². The Labute approximate surface area is 149 Å². The second-order valence-corrected chi connectivity index (χ2v) is 7.00. The van der Waals surface area contributed by atoms with Crippen molar-refractivity contribution in [2.24, 2.45) is 5.92 Å². The molecule has 1 N–H and O–H groups in total. The van der Waals surface area contributed by atoms with E-state index in [1.165, 1.54) is 0 Å². The van der Waals surface area contributed by atoms with E-state index in [0.717, 1.165) is 56.1 Å². The Morgan fingerprint density at radius 1 is 1.28 bits per heavy atom. The molecule has 1 aromatic carbocycles. The van der Waals surface area contributed by atoms with E-state index in [0.29, 0.717) is 12.6 Å². The van der Waals surface area contributed by atoms with Gasteiger partial charge in [0.25, 0.3) is 0 Å². The molecule has 1 fully saturated rings. The monoisotopic (exact) mass is 348 g/mol. The van der Waals surface area contributed by atoms with Crippen molar-refractivity contribution in [3.63, 3.8) is 0 Å². The summed E-state index contributed by atoms with van der Waals surface area (Å²) >= 11 is 0. The van der Waals surface area contributed by atoms with Crippen LogP contribution < -0.4 is 19.5 Å². The first-order chi connectivity index (χ1) is 12.1. The van der Waals surface area contributed by atoms with Gasteiger partial charge in [0.15, 0.2) is 11.5 Å². The van der Waals surface area contributed by atoms with Crippen molar-refractivity contribution < 1.29 is 19.0 Å². The molecule has 6 heteroatoms. The highest BCUT2D eigenvalue weighted by atomic mass is 16.7. The highest BCUT2D eigenvalue weighted by Crippen LogP contribution is 2.35. The van der Waals surface area contributed by atoms with Gasteiger partial charge in [0.1, 0.15) is 5.75 Å². The van der Waals surface area contributed by atoms with Gasteiger partial charge in [-0.1, -0.05) is 13.8 Å². The molecule has 25 heavy (non-hydrogen) atoms. The first-order valence-corrected chi connectivity index (χ1v) is 9.17. The Balaban J connectivity index is 1.31. The quantitative estimate of drug-likeness (QED) is 0.767. The van der Waals surface area contributed by atoms with Gasteiger partial charge in [-0.3, -0.25) is 4.79 Å². The van der Waals surface area contributed by atoms with E-state index < -0.39 is 0 Å². The summed E-state index contributed by atoms with van der Waals surface area (Å²) in [6.45, 7) is 7.93. The maximum atomic E-state index is 11.8. The molecule has 0 unspecified atom stereocenters. The van der Waals surface area contributed by atoms with E-state index in [1.807, 2.05) is 32.0 Å². The van der Waals surface area contributed by atoms with E-state index in [2.05, 4.69) is 10.2 Å². The predicted molar refractivity (Wildman–Crippen MR) is 95.1 cm³/mol. The van der Waals surface area contributed by atoms with Crippen LogP contribution in [0.2, 0.25) is 0 Å². The molecule has 0 bridgehead atoms. The molecule has 2 aliphatic heterocycles. The largest absolute Gasteiger partial charge is 0.493 e. The van der Waals surface area contributed by atoms with Crippen molar-refractivity contribution in [3.8, 4) is 17.2 Å². The molecule has 3 rings (SSSR count). The summed E-state index contributed by atoms with van der Waals surface area (Å²) in [5.41, 5.74) is 0. The second kappa shape index (κ2) is 8.43. The highest BCUT2D eigenvalue weighted by Gasteiger charge is 2.21. The lowest BCUT2D eigenvalue weighted by Crippen LogP contribution is -2.46. The van der Waals surface area contributed by atoms with Gasteiger partial charge in [-0.15, -0.1) is 0 Å². The number of fused-ring (bicyclic) bond motifs is 1. The van der Waals surface area contributed by atoms with Crippen LogP contribution in [0.5, 0.6) is 17.2 Å². The average molecular weight is 348 g/mol. The number of likely N-dealkylation sites (tertiary alicyclic amines) is 1. The second-order valence-electron chi connectivity index (χ2n) is 7.00. The normalized spacial score (nSPS) is 17.7. The number of amides is 1. The Bertz CT molecular complexity index is 583. The molecule has 1 saturated heterocycles. The van der Waals surface area contributed by atoms with Crippen molar-refractivity contribution in [2.75, 3.05) is 33.0 Å². The number of rotatable bonds is 7. The number of benzene rings is 1. The summed E-state index contributed by atoms with van der Waals surface area (Å²) in [6, 6.07) is 6.01. The summed E-state index contributed by atoms with van der Waals surface area (Å²) in [6.07, 6.45) is 3.04. The molecule has 0 aliphatic carbocycles. The average Bonchev–Trinajstić information content (AvgIpc) is 3.07. The van der Waals surface area contributed by atoms with Crippen molar-refractivity contribution in [1.82, 2.24) is 10.2 Å². The summed E-state index contributed by atoms with van der Waals surface area (Å²) in [5.74, 6) is 2.57. The maximum Gasteiger partial charge on any atom is 0.231 e. The fraction of sp³-hybridized carbons (Fsp3) is 0.632. The van der Waals surface area contributed by atoms with Crippen LogP contribution in [0.25, 0.3) is 0 Å². The lowest BCUT2D eigenvalue weighted by Gasteiger charge is -2.32. The minimum absolute atomic E-state index is 0.0614. The number of nitrogens with zero attached hydrogens (tertiary/aromatic N) is 1. The first-order valence-electron chi connectivity index (χ1n) is 9.17. The maximum absolute atomic E-state index is 11.8. The lowest BCUT2D eigenvalue weighted by atomic mass is 10.0. The van der Waals surface area contributed by atoms with Crippen LogP contribution in [-0.4, -0.2) is 49.9 Å². The van der Waals surface area contributed by atoms with Crippen LogP contribution in [0.4, 0.5) is 0 Å². The number of piperidine rings is 1. The molecule has 0 spiro atoms. The fourth-order valence-corrected chi connectivity index (χ4v) is 3.11. The molecular weight excluding hydrogens is 320 g/mol. The Morgan fingerprint density at radius 3 is 2.80 bits per heavy atom. The van der Waals surface area contributed by atoms with Crippen molar-refractivity contribution >= 4 is 5.91 Å². The fourth-order valence-electron chi connectivity index (χ4n) is 3.11. The van der Waals surface area contributed by atoms with Gasteiger partial charge in [0.05, 0.1) is 6.61 Å². The van der Waals surface area contributed by atoms with Gasteiger partial charge < -0.3 is 24.4 Å². The molecule has 0 atom stereocenters. The van der Waals surface area contributed by atoms with Crippen LogP contribution >= 0.6 is 0 Å². The summed E-state index contributed by atoms with van der Waals surface area (Å²) in [4.78, 5) is 14.2. The SMILES string of the molecule is CC(C)C(=O)NC1CCN(CCCOc2ccc3c(c2)OCO3)CC1. The third-order valence-electron chi connectivity index (χ3n) is 4.69. The number of carbonyl (C=O) groups is 1. The Kier molecular flexibility index (Phi) is 6.02. The molecule has 1 aromatic rings.